The number of anilines is 1. The predicted octanol–water partition coefficient (Wildman–Crippen LogP) is 5.74. The van der Waals surface area contributed by atoms with Gasteiger partial charge in [-0.1, -0.05) is 61.8 Å². The Hall–Kier alpha value is -3.23. The maximum atomic E-state index is 13.8. The summed E-state index contributed by atoms with van der Waals surface area (Å²) in [6.07, 6.45) is 2.13. The number of sulfonamides is 1. The first-order valence-corrected chi connectivity index (χ1v) is 14.0. The lowest BCUT2D eigenvalue weighted by molar-refractivity contribution is -0.121. The Bertz CT molecular complexity index is 1360. The van der Waals surface area contributed by atoms with Gasteiger partial charge in [0.15, 0.2) is 0 Å². The Kier molecular flexibility index (Phi) is 7.99. The van der Waals surface area contributed by atoms with Gasteiger partial charge in [-0.15, -0.1) is 0 Å². The summed E-state index contributed by atoms with van der Waals surface area (Å²) in [5.41, 5.74) is 0.627. The van der Waals surface area contributed by atoms with E-state index in [-0.39, 0.29) is 22.4 Å². The van der Waals surface area contributed by atoms with Crippen LogP contribution in [-0.2, 0) is 14.8 Å². The molecule has 1 heterocycles. The highest BCUT2D eigenvalue weighted by Gasteiger charge is 2.39. The smallest absolute Gasteiger partial charge is 0.264 e. The van der Waals surface area contributed by atoms with Crippen molar-refractivity contribution in [3.63, 3.8) is 0 Å². The molecule has 0 aliphatic carbocycles. The van der Waals surface area contributed by atoms with Crippen molar-refractivity contribution >= 4 is 33.2 Å². The average Bonchev–Trinajstić information content (AvgIpc) is 2.92. The third kappa shape index (κ3) is 5.55. The monoisotopic (exact) mass is 542 g/mol. The van der Waals surface area contributed by atoms with Crippen LogP contribution in [0.4, 0.5) is 5.69 Å². The summed E-state index contributed by atoms with van der Waals surface area (Å²) < 4.78 is 40.3. The number of benzene rings is 3. The lowest BCUT2D eigenvalue weighted by Crippen LogP contribution is -2.47. The molecule has 9 heteroatoms. The van der Waals surface area contributed by atoms with Crippen LogP contribution in [-0.4, -0.2) is 33.6 Å². The van der Waals surface area contributed by atoms with Crippen molar-refractivity contribution in [3.05, 3.63) is 83.4 Å². The maximum absolute atomic E-state index is 13.8. The van der Waals surface area contributed by atoms with E-state index in [9.17, 15) is 13.2 Å². The summed E-state index contributed by atoms with van der Waals surface area (Å²) in [5, 5.41) is 3.39. The second kappa shape index (κ2) is 11.0. The van der Waals surface area contributed by atoms with Crippen molar-refractivity contribution < 1.29 is 22.7 Å². The Morgan fingerprint density at radius 3 is 2.43 bits per heavy atom. The molecule has 3 aromatic rings. The number of ether oxygens (including phenoxy) is 2. The molecule has 1 N–H and O–H groups in total. The Morgan fingerprint density at radius 2 is 1.76 bits per heavy atom. The van der Waals surface area contributed by atoms with Crippen molar-refractivity contribution in [2.24, 2.45) is 0 Å². The van der Waals surface area contributed by atoms with Crippen LogP contribution in [0.25, 0.3) is 0 Å². The van der Waals surface area contributed by atoms with Crippen molar-refractivity contribution in [3.8, 4) is 11.5 Å². The Morgan fingerprint density at radius 1 is 1.08 bits per heavy atom. The van der Waals surface area contributed by atoms with E-state index in [1.807, 2.05) is 24.3 Å². The minimum absolute atomic E-state index is 0.0530. The summed E-state index contributed by atoms with van der Waals surface area (Å²) in [4.78, 5) is 13.6. The molecule has 0 saturated heterocycles. The molecular weight excluding hydrogens is 512 g/mol. The number of fused-ring (bicyclic) bond motifs is 1. The zero-order valence-corrected chi connectivity index (χ0v) is 22.7. The van der Waals surface area contributed by atoms with Gasteiger partial charge in [-0.05, 0) is 49.2 Å². The van der Waals surface area contributed by atoms with Crippen molar-refractivity contribution in [2.45, 2.75) is 49.6 Å². The van der Waals surface area contributed by atoms with Crippen LogP contribution in [0.2, 0.25) is 5.02 Å². The van der Waals surface area contributed by atoms with E-state index in [4.69, 9.17) is 21.1 Å². The fourth-order valence-electron chi connectivity index (χ4n) is 4.68. The molecule has 196 valence electrons. The number of methoxy groups -OCH3 is 1. The third-order valence-corrected chi connectivity index (χ3v) is 8.86. The number of halogens is 1. The predicted molar refractivity (Wildman–Crippen MR) is 145 cm³/mol. The van der Waals surface area contributed by atoms with Gasteiger partial charge in [-0.2, -0.15) is 0 Å². The molecule has 3 aromatic carbocycles. The molecule has 0 bridgehead atoms. The molecule has 1 aliphatic rings. The van der Waals surface area contributed by atoms with Gasteiger partial charge < -0.3 is 14.8 Å². The van der Waals surface area contributed by atoms with Gasteiger partial charge in [0.2, 0.25) is 5.91 Å². The Labute approximate surface area is 223 Å². The summed E-state index contributed by atoms with van der Waals surface area (Å²) in [5.74, 6) is 0.557. The largest absolute Gasteiger partial charge is 0.495 e. The lowest BCUT2D eigenvalue weighted by Gasteiger charge is -2.41. The molecule has 0 unspecified atom stereocenters. The summed E-state index contributed by atoms with van der Waals surface area (Å²) in [6, 6.07) is 19.9. The summed E-state index contributed by atoms with van der Waals surface area (Å²) in [7, 11) is -2.68. The third-order valence-electron chi connectivity index (χ3n) is 6.85. The highest BCUT2D eigenvalue weighted by molar-refractivity contribution is 7.92. The Balaban J connectivity index is 1.70. The summed E-state index contributed by atoms with van der Waals surface area (Å²) in [6.45, 7) is 3.67. The molecule has 1 amide bonds. The number of para-hydroxylation sites is 1. The highest BCUT2D eigenvalue weighted by atomic mass is 35.5. The molecule has 0 fully saturated rings. The molecule has 0 aromatic heterocycles. The number of nitrogens with zero attached hydrogens (tertiary/aromatic N) is 1. The van der Waals surface area contributed by atoms with Gasteiger partial charge in [0, 0.05) is 17.0 Å². The van der Waals surface area contributed by atoms with Crippen molar-refractivity contribution in [1.82, 2.24) is 5.32 Å². The number of rotatable bonds is 9. The van der Waals surface area contributed by atoms with Crippen LogP contribution in [0.1, 0.15) is 44.7 Å². The molecule has 1 aliphatic heterocycles. The second-order valence-electron chi connectivity index (χ2n) is 9.00. The van der Waals surface area contributed by atoms with Crippen LogP contribution < -0.4 is 19.1 Å². The highest BCUT2D eigenvalue weighted by Crippen LogP contribution is 2.43. The van der Waals surface area contributed by atoms with Crippen LogP contribution in [0, 0.1) is 0 Å². The van der Waals surface area contributed by atoms with Gasteiger partial charge in [0.1, 0.15) is 23.6 Å². The number of amides is 1. The van der Waals surface area contributed by atoms with Crippen LogP contribution >= 0.6 is 11.6 Å². The van der Waals surface area contributed by atoms with E-state index in [0.717, 1.165) is 28.5 Å². The number of carbonyl (C=O) groups is 1. The normalized spacial score (nSPS) is 16.3. The van der Waals surface area contributed by atoms with E-state index in [0.29, 0.717) is 11.4 Å². The van der Waals surface area contributed by atoms with E-state index in [1.54, 1.807) is 30.3 Å². The number of hydrogen-bond acceptors (Lipinski definition) is 5. The van der Waals surface area contributed by atoms with E-state index < -0.39 is 28.1 Å². The van der Waals surface area contributed by atoms with Crippen LogP contribution in [0.5, 0.6) is 11.5 Å². The van der Waals surface area contributed by atoms with E-state index in [1.165, 1.54) is 25.3 Å². The minimum atomic E-state index is -4.12. The zero-order valence-electron chi connectivity index (χ0n) is 21.1. The first-order chi connectivity index (χ1) is 17.7. The van der Waals surface area contributed by atoms with Gasteiger partial charge in [-0.3, -0.25) is 9.10 Å². The van der Waals surface area contributed by atoms with E-state index in [2.05, 4.69) is 19.2 Å². The van der Waals surface area contributed by atoms with Gasteiger partial charge in [-0.25, -0.2) is 8.42 Å². The fourth-order valence-corrected chi connectivity index (χ4v) is 6.29. The molecule has 7 nitrogen and oxygen atoms in total. The topological polar surface area (TPSA) is 84.9 Å². The molecular formula is C28H31ClN2O5S. The van der Waals surface area contributed by atoms with Crippen LogP contribution in [0.15, 0.2) is 77.7 Å². The van der Waals surface area contributed by atoms with Gasteiger partial charge in [0.05, 0.1) is 23.7 Å². The first kappa shape index (κ1) is 26.8. The SMILES string of the molecule is CCC1(CC)C[C@H](NC(=O)CN(c2cc(Cl)ccc2OC)S(=O)(=O)c2ccccc2)c2ccccc2O1. The fraction of sp³-hybridized carbons (Fsp3) is 0.321. The van der Waals surface area contributed by atoms with Crippen LogP contribution in [0.3, 0.4) is 0 Å². The summed E-state index contributed by atoms with van der Waals surface area (Å²) >= 11 is 6.23. The maximum Gasteiger partial charge on any atom is 0.264 e. The van der Waals surface area contributed by atoms with E-state index >= 15 is 0 Å². The minimum Gasteiger partial charge on any atom is -0.495 e. The molecule has 0 radical (unpaired) electrons. The number of hydrogen-bond donors (Lipinski definition) is 1. The first-order valence-electron chi connectivity index (χ1n) is 12.2. The van der Waals surface area contributed by atoms with Gasteiger partial charge in [0.25, 0.3) is 10.0 Å². The van der Waals surface area contributed by atoms with Gasteiger partial charge >= 0.3 is 0 Å². The molecule has 37 heavy (non-hydrogen) atoms. The number of nitrogens with one attached hydrogen (secondary N) is 1. The standard InChI is InChI=1S/C28H31ClN2O5S/c1-4-28(5-2)18-23(22-13-9-10-14-25(22)36-28)30-27(32)19-31(24-17-20(29)15-16-26(24)35-3)37(33,34)21-11-7-6-8-12-21/h6-17,23H,4-5,18-19H2,1-3H3,(H,30,32)/t23-/m0/s1. The van der Waals surface area contributed by atoms with Crippen molar-refractivity contribution in [2.75, 3.05) is 18.0 Å². The lowest BCUT2D eigenvalue weighted by atomic mass is 9.83. The molecule has 1 atom stereocenters. The number of carbonyl (C=O) groups excluding carboxylic acids is 1. The molecule has 4 rings (SSSR count). The average molecular weight is 543 g/mol. The quantitative estimate of drug-likeness (QED) is 0.372. The molecule has 0 saturated carbocycles. The zero-order chi connectivity index (χ0) is 26.6. The molecule has 0 spiro atoms. The van der Waals surface area contributed by atoms with Crippen molar-refractivity contribution in [1.29, 1.82) is 0 Å². The second-order valence-corrected chi connectivity index (χ2v) is 11.3.